The molecule has 2 N–H and O–H groups in total. The molecule has 0 aliphatic carbocycles. The summed E-state index contributed by atoms with van der Waals surface area (Å²) in [6.45, 7) is 0.135. The molecule has 29 heavy (non-hydrogen) atoms. The molecule has 0 aliphatic rings. The first-order valence-corrected chi connectivity index (χ1v) is 8.22. The molecule has 156 valence electrons. The molecule has 0 aliphatic heterocycles. The Hall–Kier alpha value is -1.80. The summed E-state index contributed by atoms with van der Waals surface area (Å²) >= 11 is 0. The molecule has 7 nitrogen and oxygen atoms in total. The van der Waals surface area contributed by atoms with E-state index in [1.165, 1.54) is 14.2 Å². The van der Waals surface area contributed by atoms with Gasteiger partial charge >= 0.3 is 24.8 Å². The summed E-state index contributed by atoms with van der Waals surface area (Å²) < 4.78 is 20.2. The fraction of sp³-hybridized carbons (Fsp3) is 0.350. The third-order valence-electron chi connectivity index (χ3n) is 3.58. The summed E-state index contributed by atoms with van der Waals surface area (Å²) in [5, 5.41) is 17.4. The number of hydrogen-bond acceptors (Lipinski definition) is 6. The Bertz CT molecular complexity index is 703. The molecule has 0 saturated heterocycles. The Morgan fingerprint density at radius 3 is 1.41 bits per heavy atom. The maximum atomic E-state index is 10.5. The van der Waals surface area contributed by atoms with Gasteiger partial charge in [-0.1, -0.05) is 0 Å². The van der Waals surface area contributed by atoms with Gasteiger partial charge in [0, 0.05) is 18.7 Å². The van der Waals surface area contributed by atoms with Crippen molar-refractivity contribution in [2.24, 2.45) is 0 Å². The molecular weight excluding hydrogens is 386 g/mol. The Morgan fingerprint density at radius 1 is 0.793 bits per heavy atom. The van der Waals surface area contributed by atoms with Gasteiger partial charge < -0.3 is 30.6 Å². The average Bonchev–Trinajstić information content (AvgIpc) is 2.67. The van der Waals surface area contributed by atoms with E-state index in [4.69, 9.17) is 29.2 Å². The number of aliphatic hydroxyl groups is 1. The molecule has 2 rings (SSSR count). The van der Waals surface area contributed by atoms with E-state index in [-0.39, 0.29) is 50.7 Å². The first-order chi connectivity index (χ1) is 12.9. The van der Waals surface area contributed by atoms with Gasteiger partial charge in [0.25, 0.3) is 0 Å². The first kappa shape index (κ1) is 29.4. The Kier molecular flexibility index (Phi) is 16.3. The van der Waals surface area contributed by atoms with Gasteiger partial charge in [0.2, 0.25) is 0 Å². The second kappa shape index (κ2) is 16.0. The molecule has 0 spiro atoms. The normalized spacial score (nSPS) is 9.00. The molecule has 0 saturated carbocycles. The number of hydrogen-bond donors (Lipinski definition) is 2. The summed E-state index contributed by atoms with van der Waals surface area (Å²) in [4.78, 5) is 10.5. The third-order valence-corrected chi connectivity index (χ3v) is 3.58. The van der Waals surface area contributed by atoms with Gasteiger partial charge in [-0.25, -0.2) is 0 Å². The van der Waals surface area contributed by atoms with Crippen molar-refractivity contribution in [2.45, 2.75) is 12.8 Å². The van der Waals surface area contributed by atoms with E-state index < -0.39 is 5.97 Å². The zero-order valence-electron chi connectivity index (χ0n) is 18.0. The molecule has 0 bridgehead atoms. The first-order valence-electron chi connectivity index (χ1n) is 8.22. The molecule has 0 amide bonds. The van der Waals surface area contributed by atoms with E-state index >= 15 is 0 Å². The second-order valence-electron chi connectivity index (χ2n) is 5.49. The number of ether oxygens (including phenoxy) is 4. The summed E-state index contributed by atoms with van der Waals surface area (Å²) in [6, 6.07) is 10.6. The zero-order valence-corrected chi connectivity index (χ0v) is 17.0. The van der Waals surface area contributed by atoms with Crippen LogP contribution in [-0.4, -0.2) is 68.6 Å². The van der Waals surface area contributed by atoms with Crippen molar-refractivity contribution >= 4 is 23.3 Å². The molecule has 9 heteroatoms. The molecule has 0 radical (unpaired) electrons. The van der Waals surface area contributed by atoms with Gasteiger partial charge in [0.1, 0.15) is 23.0 Å². The van der Waals surface area contributed by atoms with E-state index in [0.29, 0.717) is 23.5 Å². The van der Waals surface area contributed by atoms with Crippen molar-refractivity contribution in [1.82, 2.24) is 0 Å². The van der Waals surface area contributed by atoms with Crippen LogP contribution < -0.4 is 37.8 Å². The van der Waals surface area contributed by atoms with Crippen LogP contribution in [0.25, 0.3) is 0 Å². The predicted molar refractivity (Wildman–Crippen MR) is 112 cm³/mol. The van der Waals surface area contributed by atoms with Gasteiger partial charge in [0.15, 0.2) is 17.4 Å². The summed E-state index contributed by atoms with van der Waals surface area (Å²) in [7, 11) is 6.27. The number of carboxylic acid groups (broad SMARTS) is 1. The van der Waals surface area contributed by atoms with Gasteiger partial charge in [-0.3, -0.25) is 4.79 Å². The van der Waals surface area contributed by atoms with Crippen molar-refractivity contribution in [3.05, 3.63) is 47.5 Å². The minimum absolute atomic E-state index is 0. The maximum Gasteiger partial charge on any atom is 1.00 e. The quantitative estimate of drug-likeness (QED) is 0.506. The van der Waals surface area contributed by atoms with E-state index in [1.807, 2.05) is 12.1 Å². The van der Waals surface area contributed by atoms with Crippen molar-refractivity contribution in [3.63, 3.8) is 0 Å². The summed E-state index contributed by atoms with van der Waals surface area (Å²) in [5.74, 6) is 1.83. The standard InChI is InChI=1S/C10H12O4.C10H14O3.Al.Li.4H/c1-13-8-3-7(5-10(11)12)4-9(6-8)14-2;1-12-9-5-8(3-4-11)6-10(7-9)13-2;;;;;;/h3-4,6H,5H2,1-2H3,(H,11,12);5-7,11H,3-4H2,1-2H3;;;;;;/q;;;+1;;;;-1. The summed E-state index contributed by atoms with van der Waals surface area (Å²) in [6.07, 6.45) is 0.584. The van der Waals surface area contributed by atoms with Crippen LogP contribution in [0.15, 0.2) is 36.4 Å². The third kappa shape index (κ3) is 11.1. The van der Waals surface area contributed by atoms with E-state index in [0.717, 1.165) is 17.1 Å². The van der Waals surface area contributed by atoms with Crippen LogP contribution in [0.3, 0.4) is 0 Å². The minimum atomic E-state index is -0.875. The Morgan fingerprint density at radius 2 is 1.14 bits per heavy atom. The SMILES string of the molecule is COc1cc(CC(=O)O)cc(OC)c1.COc1cc(CCO)cc(OC)c1.[AlH3].[H-].[Li+]. The van der Waals surface area contributed by atoms with Crippen LogP contribution in [0.2, 0.25) is 0 Å². The molecule has 2 aromatic rings. The van der Waals surface area contributed by atoms with Crippen molar-refractivity contribution in [3.8, 4) is 23.0 Å². The smallest absolute Gasteiger partial charge is 1.00 e. The zero-order chi connectivity index (χ0) is 20.2. The number of carbonyl (C=O) groups is 1. The molecule has 0 heterocycles. The molecule has 0 unspecified atom stereocenters. The monoisotopic (exact) mass is 416 g/mol. The van der Waals surface area contributed by atoms with Crippen molar-refractivity contribution < 1.29 is 54.2 Å². The number of rotatable bonds is 8. The number of aliphatic carboxylic acids is 1. The van der Waals surface area contributed by atoms with Crippen LogP contribution in [0, 0.1) is 0 Å². The number of methoxy groups -OCH3 is 4. The maximum absolute atomic E-state index is 10.5. The van der Waals surface area contributed by atoms with Gasteiger partial charge in [-0.2, -0.15) is 0 Å². The minimum Gasteiger partial charge on any atom is -1.00 e. The molecule has 2 aromatic carbocycles. The van der Waals surface area contributed by atoms with Crippen molar-refractivity contribution in [2.75, 3.05) is 35.0 Å². The second-order valence-corrected chi connectivity index (χ2v) is 5.49. The number of carboxylic acids is 1. The topological polar surface area (TPSA) is 94.5 Å². The van der Waals surface area contributed by atoms with Crippen LogP contribution in [0.5, 0.6) is 23.0 Å². The van der Waals surface area contributed by atoms with E-state index in [1.54, 1.807) is 38.5 Å². The van der Waals surface area contributed by atoms with E-state index in [9.17, 15) is 4.79 Å². The average molecular weight is 416 g/mol. The molecule has 0 aromatic heterocycles. The van der Waals surface area contributed by atoms with Gasteiger partial charge in [-0.15, -0.1) is 0 Å². The Labute approximate surface area is 195 Å². The van der Waals surface area contributed by atoms with Crippen LogP contribution in [0.4, 0.5) is 0 Å². The predicted octanol–water partition coefficient (Wildman–Crippen LogP) is -1.50. The van der Waals surface area contributed by atoms with Gasteiger partial charge in [-0.05, 0) is 41.8 Å². The largest absolute Gasteiger partial charge is 1.00 e. The number of benzene rings is 2. The van der Waals surface area contributed by atoms with Crippen LogP contribution in [-0.2, 0) is 17.6 Å². The molecular formula is C20H30AlLiO7. The van der Waals surface area contributed by atoms with Crippen LogP contribution >= 0.6 is 0 Å². The van der Waals surface area contributed by atoms with Gasteiger partial charge in [0.05, 0.1) is 34.9 Å². The molecule has 0 fully saturated rings. The van der Waals surface area contributed by atoms with Crippen molar-refractivity contribution in [1.29, 1.82) is 0 Å². The fourth-order valence-electron chi connectivity index (χ4n) is 2.28. The fourth-order valence-corrected chi connectivity index (χ4v) is 2.28. The molecule has 0 atom stereocenters. The summed E-state index contributed by atoms with van der Waals surface area (Å²) in [5.41, 5.74) is 1.67. The Balaban J connectivity index is -0.000000443. The van der Waals surface area contributed by atoms with Crippen LogP contribution in [0.1, 0.15) is 12.6 Å². The van der Waals surface area contributed by atoms with E-state index in [2.05, 4.69) is 0 Å². The number of aliphatic hydroxyl groups excluding tert-OH is 1.